The predicted octanol–water partition coefficient (Wildman–Crippen LogP) is 4.75. The van der Waals surface area contributed by atoms with E-state index in [1.54, 1.807) is 17.3 Å². The zero-order chi connectivity index (χ0) is 28.4. The maximum Gasteiger partial charge on any atom is 0.410 e. The fourth-order valence-electron chi connectivity index (χ4n) is 6.71. The van der Waals surface area contributed by atoms with Crippen LogP contribution in [0.4, 0.5) is 10.5 Å². The Labute approximate surface area is 239 Å². The second-order valence-electron chi connectivity index (χ2n) is 12.4. The first kappa shape index (κ1) is 25.8. The van der Waals surface area contributed by atoms with Crippen LogP contribution < -0.4 is 14.4 Å². The molecular formula is C32H34N4O5. The number of aromatic nitrogens is 2. The number of anilines is 1. The lowest BCUT2D eigenvalue weighted by Crippen LogP contribution is -2.47. The first-order chi connectivity index (χ1) is 19.7. The Kier molecular flexibility index (Phi) is 5.96. The lowest BCUT2D eigenvalue weighted by molar-refractivity contribution is -0.122. The van der Waals surface area contributed by atoms with Crippen LogP contribution >= 0.6 is 0 Å². The van der Waals surface area contributed by atoms with Crippen molar-refractivity contribution in [2.75, 3.05) is 37.7 Å². The molecule has 0 N–H and O–H groups in total. The van der Waals surface area contributed by atoms with Crippen LogP contribution in [0.25, 0.3) is 11.1 Å². The zero-order valence-electron chi connectivity index (χ0n) is 23.7. The van der Waals surface area contributed by atoms with Crippen LogP contribution in [0.3, 0.4) is 0 Å². The van der Waals surface area contributed by atoms with E-state index in [1.807, 2.05) is 49.9 Å². The van der Waals surface area contributed by atoms with Gasteiger partial charge >= 0.3 is 6.09 Å². The minimum Gasteiger partial charge on any atom is -0.493 e. The van der Waals surface area contributed by atoms with Crippen molar-refractivity contribution in [1.82, 2.24) is 14.9 Å². The van der Waals surface area contributed by atoms with E-state index < -0.39 is 11.0 Å². The number of hydrogen-bond donors (Lipinski definition) is 0. The van der Waals surface area contributed by atoms with E-state index in [0.29, 0.717) is 32.0 Å². The molecule has 1 aromatic heterocycles. The summed E-state index contributed by atoms with van der Waals surface area (Å²) in [6.45, 7) is 8.31. The number of amides is 2. The predicted molar refractivity (Wildman–Crippen MR) is 152 cm³/mol. The lowest BCUT2D eigenvalue weighted by atomic mass is 9.74. The van der Waals surface area contributed by atoms with Crippen LogP contribution in [0, 0.1) is 5.92 Å². The molecule has 1 unspecified atom stereocenters. The fourth-order valence-corrected chi connectivity index (χ4v) is 6.71. The molecule has 4 aliphatic heterocycles. The average molecular weight is 555 g/mol. The van der Waals surface area contributed by atoms with Crippen LogP contribution in [-0.2, 0) is 21.4 Å². The van der Waals surface area contributed by atoms with Crippen LogP contribution in [0.2, 0.25) is 0 Å². The maximum atomic E-state index is 14.7. The quantitative estimate of drug-likeness (QED) is 0.461. The molecule has 0 aliphatic carbocycles. The van der Waals surface area contributed by atoms with Gasteiger partial charge < -0.3 is 24.0 Å². The van der Waals surface area contributed by atoms with Crippen molar-refractivity contribution in [2.45, 2.75) is 51.0 Å². The zero-order valence-corrected chi connectivity index (χ0v) is 23.7. The van der Waals surface area contributed by atoms with Crippen molar-refractivity contribution in [3.8, 4) is 22.6 Å². The molecule has 0 bridgehead atoms. The Bertz CT molecular complexity index is 1530. The Morgan fingerprint density at radius 3 is 2.63 bits per heavy atom. The molecule has 41 heavy (non-hydrogen) atoms. The van der Waals surface area contributed by atoms with E-state index in [9.17, 15) is 9.59 Å². The third-order valence-corrected chi connectivity index (χ3v) is 8.64. The summed E-state index contributed by atoms with van der Waals surface area (Å²) in [5, 5.41) is 0. The molecular weight excluding hydrogens is 520 g/mol. The van der Waals surface area contributed by atoms with E-state index >= 15 is 0 Å². The SMILES string of the molecule is CC(C)(C)OC(=O)N1CCC(CN2C(=O)C3(COc4cc5c(cc43)CCO5)c3c(-c4cncnc4)cccc32)CC1. The van der Waals surface area contributed by atoms with Gasteiger partial charge in [-0.2, -0.15) is 0 Å². The van der Waals surface area contributed by atoms with Gasteiger partial charge in [-0.3, -0.25) is 4.79 Å². The van der Waals surface area contributed by atoms with E-state index in [2.05, 4.69) is 16.0 Å². The minimum atomic E-state index is -0.966. The molecule has 4 aliphatic rings. The minimum absolute atomic E-state index is 0.0315. The summed E-state index contributed by atoms with van der Waals surface area (Å²) in [6.07, 6.45) is 7.25. The van der Waals surface area contributed by atoms with Crippen LogP contribution in [0.1, 0.15) is 50.3 Å². The van der Waals surface area contributed by atoms with Crippen molar-refractivity contribution in [2.24, 2.45) is 5.92 Å². The van der Waals surface area contributed by atoms with Gasteiger partial charge in [-0.15, -0.1) is 0 Å². The first-order valence-corrected chi connectivity index (χ1v) is 14.4. The van der Waals surface area contributed by atoms with Crippen molar-refractivity contribution in [3.63, 3.8) is 0 Å². The maximum absolute atomic E-state index is 14.7. The van der Waals surface area contributed by atoms with Gasteiger partial charge in [0.1, 0.15) is 35.4 Å². The monoisotopic (exact) mass is 554 g/mol. The molecule has 5 heterocycles. The largest absolute Gasteiger partial charge is 0.493 e. The highest BCUT2D eigenvalue weighted by molar-refractivity contribution is 6.13. The number of ether oxygens (including phenoxy) is 3. The third-order valence-electron chi connectivity index (χ3n) is 8.64. The Balaban J connectivity index is 1.25. The van der Waals surface area contributed by atoms with Crippen molar-refractivity contribution < 1.29 is 23.8 Å². The summed E-state index contributed by atoms with van der Waals surface area (Å²) in [6, 6.07) is 10.2. The van der Waals surface area contributed by atoms with Gasteiger partial charge in [0.15, 0.2) is 0 Å². The van der Waals surface area contributed by atoms with Gasteiger partial charge in [-0.25, -0.2) is 14.8 Å². The molecule has 212 valence electrons. The summed E-state index contributed by atoms with van der Waals surface area (Å²) in [4.78, 5) is 39.6. The molecule has 0 saturated carbocycles. The number of hydrogen-bond acceptors (Lipinski definition) is 7. The molecule has 2 amide bonds. The molecule has 1 fully saturated rings. The third kappa shape index (κ3) is 4.21. The molecule has 9 heteroatoms. The fraction of sp³-hybridized carbons (Fsp3) is 0.438. The number of nitrogens with zero attached hydrogens (tertiary/aromatic N) is 4. The van der Waals surface area contributed by atoms with E-state index in [-0.39, 0.29) is 24.5 Å². The van der Waals surface area contributed by atoms with Crippen LogP contribution in [0.5, 0.6) is 11.5 Å². The van der Waals surface area contributed by atoms with E-state index in [0.717, 1.165) is 58.5 Å². The van der Waals surface area contributed by atoms with Crippen LogP contribution in [0.15, 0.2) is 49.1 Å². The van der Waals surface area contributed by atoms with Crippen molar-refractivity contribution in [1.29, 1.82) is 0 Å². The molecule has 1 atom stereocenters. The smallest absolute Gasteiger partial charge is 0.410 e. The standard InChI is InChI=1S/C32H34N4O5/c1-31(2,3)41-30(38)35-10-7-20(8-11-35)17-36-25-6-4-5-23(22-15-33-19-34-16-22)28(25)32(29(36)37)18-40-27-14-26-21(9-12-39-26)13-24(27)32/h4-6,13-16,19-20H,7-12,17-18H2,1-3H3. The molecule has 2 aromatic carbocycles. The number of rotatable bonds is 3. The topological polar surface area (TPSA) is 94.1 Å². The summed E-state index contributed by atoms with van der Waals surface area (Å²) in [5.41, 5.74) is 4.17. The number of carbonyl (C=O) groups excluding carboxylic acids is 2. The molecule has 0 radical (unpaired) electrons. The number of piperidine rings is 1. The second-order valence-corrected chi connectivity index (χ2v) is 12.4. The number of benzene rings is 2. The van der Waals surface area contributed by atoms with Crippen molar-refractivity contribution in [3.05, 3.63) is 65.7 Å². The summed E-state index contributed by atoms with van der Waals surface area (Å²) >= 11 is 0. The second kappa shape index (κ2) is 9.46. The summed E-state index contributed by atoms with van der Waals surface area (Å²) in [7, 11) is 0. The number of fused-ring (bicyclic) bond motifs is 5. The van der Waals surface area contributed by atoms with Gasteiger partial charge in [0, 0.05) is 66.9 Å². The molecule has 1 saturated heterocycles. The van der Waals surface area contributed by atoms with E-state index in [4.69, 9.17) is 14.2 Å². The Hall–Kier alpha value is -4.14. The highest BCUT2D eigenvalue weighted by atomic mass is 16.6. The van der Waals surface area contributed by atoms with E-state index in [1.165, 1.54) is 6.33 Å². The number of carbonyl (C=O) groups is 2. The summed E-state index contributed by atoms with van der Waals surface area (Å²) < 4.78 is 17.7. The van der Waals surface area contributed by atoms with Gasteiger partial charge in [0.2, 0.25) is 5.91 Å². The molecule has 1 spiro atoms. The van der Waals surface area contributed by atoms with Gasteiger partial charge in [0.25, 0.3) is 0 Å². The highest BCUT2D eigenvalue weighted by Gasteiger charge is 2.58. The molecule has 9 nitrogen and oxygen atoms in total. The van der Waals surface area contributed by atoms with Crippen LogP contribution in [-0.4, -0.2) is 65.3 Å². The molecule has 7 rings (SSSR count). The first-order valence-electron chi connectivity index (χ1n) is 14.4. The lowest BCUT2D eigenvalue weighted by Gasteiger charge is -2.35. The Morgan fingerprint density at radius 1 is 1.10 bits per heavy atom. The summed E-state index contributed by atoms with van der Waals surface area (Å²) in [5.74, 6) is 1.82. The van der Waals surface area contributed by atoms with Gasteiger partial charge in [-0.1, -0.05) is 12.1 Å². The normalized spacial score (nSPS) is 21.4. The van der Waals surface area contributed by atoms with Gasteiger partial charge in [0.05, 0.1) is 6.61 Å². The van der Waals surface area contributed by atoms with Gasteiger partial charge in [-0.05, 0) is 62.8 Å². The number of likely N-dealkylation sites (tertiary alicyclic amines) is 1. The highest BCUT2D eigenvalue weighted by Crippen LogP contribution is 2.56. The molecule has 3 aromatic rings. The Morgan fingerprint density at radius 2 is 1.88 bits per heavy atom. The van der Waals surface area contributed by atoms with Crippen molar-refractivity contribution >= 4 is 17.7 Å². The average Bonchev–Trinajstić information content (AvgIpc) is 3.64.